The van der Waals surface area contributed by atoms with Crippen LogP contribution in [0.15, 0.2) is 28.8 Å². The molecule has 1 aromatic carbocycles. The highest BCUT2D eigenvalue weighted by molar-refractivity contribution is 5.29. The monoisotopic (exact) mass is 328 g/mol. The van der Waals surface area contributed by atoms with Gasteiger partial charge in [-0.2, -0.15) is 0 Å². The average Bonchev–Trinajstić information content (AvgIpc) is 3.20. The summed E-state index contributed by atoms with van der Waals surface area (Å²) in [6.07, 6.45) is 4.36. The molecule has 1 atom stereocenters. The molecule has 24 heavy (non-hydrogen) atoms. The van der Waals surface area contributed by atoms with Crippen molar-refractivity contribution >= 4 is 0 Å². The lowest BCUT2D eigenvalue weighted by atomic mass is 10.0. The second-order valence-corrected chi connectivity index (χ2v) is 6.58. The van der Waals surface area contributed by atoms with Gasteiger partial charge in [0.25, 0.3) is 0 Å². The summed E-state index contributed by atoms with van der Waals surface area (Å²) in [5, 5.41) is 4.20. The summed E-state index contributed by atoms with van der Waals surface area (Å²) >= 11 is 0. The van der Waals surface area contributed by atoms with E-state index in [0.717, 1.165) is 49.7 Å². The van der Waals surface area contributed by atoms with Crippen LogP contribution in [0.25, 0.3) is 0 Å². The molecule has 0 aliphatic carbocycles. The summed E-state index contributed by atoms with van der Waals surface area (Å²) in [5.41, 5.74) is 3.70. The third kappa shape index (κ3) is 3.64. The molecule has 1 saturated heterocycles. The fourth-order valence-electron chi connectivity index (χ4n) is 3.59. The van der Waals surface area contributed by atoms with Crippen molar-refractivity contribution < 1.29 is 9.26 Å². The lowest BCUT2D eigenvalue weighted by Gasteiger charge is -2.25. The number of likely N-dealkylation sites (tertiary alicyclic amines) is 1. The molecule has 4 heteroatoms. The molecular weight excluding hydrogens is 300 g/mol. The van der Waals surface area contributed by atoms with Crippen LogP contribution in [-0.2, 0) is 13.0 Å². The van der Waals surface area contributed by atoms with E-state index in [1.165, 1.54) is 24.0 Å². The van der Waals surface area contributed by atoms with E-state index in [-0.39, 0.29) is 0 Å². The molecule has 1 aliphatic heterocycles. The van der Waals surface area contributed by atoms with E-state index < -0.39 is 0 Å². The van der Waals surface area contributed by atoms with Crippen molar-refractivity contribution in [3.8, 4) is 5.75 Å². The van der Waals surface area contributed by atoms with E-state index in [2.05, 4.69) is 55.1 Å². The maximum Gasteiger partial charge on any atom is 0.141 e. The van der Waals surface area contributed by atoms with Gasteiger partial charge in [0.05, 0.1) is 12.3 Å². The van der Waals surface area contributed by atoms with E-state index in [1.807, 2.05) is 0 Å². The van der Waals surface area contributed by atoms with Crippen molar-refractivity contribution in [1.82, 2.24) is 10.1 Å². The summed E-state index contributed by atoms with van der Waals surface area (Å²) < 4.78 is 11.2. The molecule has 0 N–H and O–H groups in total. The highest BCUT2D eigenvalue weighted by atomic mass is 16.5. The zero-order chi connectivity index (χ0) is 16.9. The summed E-state index contributed by atoms with van der Waals surface area (Å²) in [5.74, 6) is 2.01. The van der Waals surface area contributed by atoms with E-state index >= 15 is 0 Å². The highest BCUT2D eigenvalue weighted by Gasteiger charge is 2.31. The lowest BCUT2D eigenvalue weighted by molar-refractivity contribution is 0.245. The standard InChI is InChI=1S/C20H28N2O2/c1-4-13-23-17-10-8-16(9-11-17)14-22-12-6-7-18(22)20-15(3)21-24-19(20)5-2/h8-11,18H,4-7,12-14H2,1-3H3. The Hall–Kier alpha value is -1.81. The van der Waals surface area contributed by atoms with Gasteiger partial charge in [0, 0.05) is 24.6 Å². The minimum absolute atomic E-state index is 0.433. The molecule has 3 rings (SSSR count). The number of nitrogens with zero attached hydrogens (tertiary/aromatic N) is 2. The number of hydrogen-bond donors (Lipinski definition) is 0. The summed E-state index contributed by atoms with van der Waals surface area (Å²) in [7, 11) is 0. The first-order valence-corrected chi connectivity index (χ1v) is 9.13. The SMILES string of the molecule is CCCOc1ccc(CN2CCCC2c2c(C)noc2CC)cc1. The zero-order valence-electron chi connectivity index (χ0n) is 15.0. The maximum atomic E-state index is 5.67. The summed E-state index contributed by atoms with van der Waals surface area (Å²) in [6.45, 7) is 9.20. The number of aryl methyl sites for hydroxylation is 2. The van der Waals surface area contributed by atoms with Gasteiger partial charge in [-0.15, -0.1) is 0 Å². The van der Waals surface area contributed by atoms with Crippen molar-refractivity contribution in [2.45, 2.75) is 59.0 Å². The second-order valence-electron chi connectivity index (χ2n) is 6.58. The molecule has 130 valence electrons. The van der Waals surface area contributed by atoms with Crippen molar-refractivity contribution in [2.75, 3.05) is 13.2 Å². The Kier molecular flexibility index (Phi) is 5.56. The van der Waals surface area contributed by atoms with Gasteiger partial charge in [-0.25, -0.2) is 0 Å². The molecule has 2 heterocycles. The van der Waals surface area contributed by atoms with Gasteiger partial charge in [-0.3, -0.25) is 4.90 Å². The zero-order valence-corrected chi connectivity index (χ0v) is 15.0. The van der Waals surface area contributed by atoms with Gasteiger partial charge in [0.1, 0.15) is 11.5 Å². The molecule has 0 radical (unpaired) electrons. The summed E-state index contributed by atoms with van der Waals surface area (Å²) in [6, 6.07) is 8.96. The fraction of sp³-hybridized carbons (Fsp3) is 0.550. The number of hydrogen-bond acceptors (Lipinski definition) is 4. The summed E-state index contributed by atoms with van der Waals surface area (Å²) in [4.78, 5) is 2.56. The first-order chi connectivity index (χ1) is 11.7. The average molecular weight is 328 g/mol. The minimum Gasteiger partial charge on any atom is -0.494 e. The quantitative estimate of drug-likeness (QED) is 0.740. The van der Waals surface area contributed by atoms with Gasteiger partial charge in [0.2, 0.25) is 0 Å². The predicted octanol–water partition coefficient (Wildman–Crippen LogP) is 4.67. The van der Waals surface area contributed by atoms with Crippen LogP contribution in [0.2, 0.25) is 0 Å². The van der Waals surface area contributed by atoms with Gasteiger partial charge in [0.15, 0.2) is 0 Å². The second kappa shape index (κ2) is 7.84. The number of rotatable bonds is 7. The van der Waals surface area contributed by atoms with Crippen LogP contribution in [0, 0.1) is 6.92 Å². The van der Waals surface area contributed by atoms with Crippen LogP contribution in [0.3, 0.4) is 0 Å². The van der Waals surface area contributed by atoms with Crippen LogP contribution >= 0.6 is 0 Å². The van der Waals surface area contributed by atoms with E-state index in [4.69, 9.17) is 9.26 Å². The smallest absolute Gasteiger partial charge is 0.141 e. The Morgan fingerprint density at radius 3 is 2.75 bits per heavy atom. The number of aromatic nitrogens is 1. The first-order valence-electron chi connectivity index (χ1n) is 9.13. The topological polar surface area (TPSA) is 38.5 Å². The van der Waals surface area contributed by atoms with Crippen LogP contribution in [0.4, 0.5) is 0 Å². The van der Waals surface area contributed by atoms with Gasteiger partial charge < -0.3 is 9.26 Å². The number of ether oxygens (including phenoxy) is 1. The van der Waals surface area contributed by atoms with E-state index in [9.17, 15) is 0 Å². The molecule has 4 nitrogen and oxygen atoms in total. The first kappa shape index (κ1) is 17.0. The molecule has 0 bridgehead atoms. The Balaban J connectivity index is 1.71. The largest absolute Gasteiger partial charge is 0.494 e. The van der Waals surface area contributed by atoms with Crippen LogP contribution in [0.1, 0.15) is 61.7 Å². The van der Waals surface area contributed by atoms with E-state index in [1.54, 1.807) is 0 Å². The minimum atomic E-state index is 0.433. The molecule has 2 aromatic rings. The van der Waals surface area contributed by atoms with Crippen LogP contribution < -0.4 is 4.74 Å². The van der Waals surface area contributed by atoms with Crippen molar-refractivity contribution in [3.63, 3.8) is 0 Å². The third-order valence-electron chi connectivity index (χ3n) is 4.78. The fourth-order valence-corrected chi connectivity index (χ4v) is 3.59. The molecule has 0 amide bonds. The Morgan fingerprint density at radius 2 is 2.04 bits per heavy atom. The lowest BCUT2D eigenvalue weighted by Crippen LogP contribution is -2.23. The van der Waals surface area contributed by atoms with Gasteiger partial charge >= 0.3 is 0 Å². The Bertz CT molecular complexity index is 648. The number of benzene rings is 1. The Morgan fingerprint density at radius 1 is 1.25 bits per heavy atom. The molecule has 1 unspecified atom stereocenters. The van der Waals surface area contributed by atoms with Crippen molar-refractivity contribution in [1.29, 1.82) is 0 Å². The predicted molar refractivity (Wildman–Crippen MR) is 95.2 cm³/mol. The maximum absolute atomic E-state index is 5.67. The van der Waals surface area contributed by atoms with Crippen LogP contribution in [0.5, 0.6) is 5.75 Å². The normalized spacial score (nSPS) is 18.2. The molecule has 1 aliphatic rings. The molecule has 0 saturated carbocycles. The molecule has 1 aromatic heterocycles. The van der Waals surface area contributed by atoms with Crippen molar-refractivity contribution in [3.05, 3.63) is 46.8 Å². The van der Waals surface area contributed by atoms with Gasteiger partial charge in [-0.1, -0.05) is 31.1 Å². The molecular formula is C20H28N2O2. The third-order valence-corrected chi connectivity index (χ3v) is 4.78. The highest BCUT2D eigenvalue weighted by Crippen LogP contribution is 2.37. The van der Waals surface area contributed by atoms with Crippen molar-refractivity contribution in [2.24, 2.45) is 0 Å². The van der Waals surface area contributed by atoms with Crippen LogP contribution in [-0.4, -0.2) is 23.2 Å². The molecule has 1 fully saturated rings. The van der Waals surface area contributed by atoms with E-state index in [0.29, 0.717) is 6.04 Å². The van der Waals surface area contributed by atoms with Gasteiger partial charge in [-0.05, 0) is 50.4 Å². The molecule has 0 spiro atoms. The Labute approximate surface area is 144 Å².